The fourth-order valence-corrected chi connectivity index (χ4v) is 2.40. The van der Waals surface area contributed by atoms with Gasteiger partial charge in [-0.2, -0.15) is 5.10 Å². The largest absolute Gasteiger partial charge is 0.383 e. The predicted octanol–water partition coefficient (Wildman–Crippen LogP) is 3.14. The standard InChI is InChI=1S/C16H31N3O/c1-5-7-8-15(6-2)13-19-14(3)16(12-18-19)11-17-9-10-20-4/h12,15,17H,5-11,13H2,1-4H3. The third-order valence-electron chi connectivity index (χ3n) is 3.98. The van der Waals surface area contributed by atoms with Gasteiger partial charge in [0.1, 0.15) is 0 Å². The molecule has 0 aliphatic carbocycles. The van der Waals surface area contributed by atoms with Crippen molar-refractivity contribution in [2.45, 2.75) is 59.5 Å². The van der Waals surface area contributed by atoms with E-state index in [9.17, 15) is 0 Å². The summed E-state index contributed by atoms with van der Waals surface area (Å²) >= 11 is 0. The molecule has 0 fully saturated rings. The van der Waals surface area contributed by atoms with Crippen molar-refractivity contribution in [3.8, 4) is 0 Å². The number of nitrogens with one attached hydrogen (secondary N) is 1. The van der Waals surface area contributed by atoms with E-state index in [1.54, 1.807) is 7.11 Å². The van der Waals surface area contributed by atoms with Crippen LogP contribution in [0.15, 0.2) is 6.20 Å². The van der Waals surface area contributed by atoms with Crippen LogP contribution in [0.25, 0.3) is 0 Å². The summed E-state index contributed by atoms with van der Waals surface area (Å²) in [5.74, 6) is 0.753. The molecule has 0 saturated carbocycles. The van der Waals surface area contributed by atoms with Crippen LogP contribution < -0.4 is 5.32 Å². The third-order valence-corrected chi connectivity index (χ3v) is 3.98. The van der Waals surface area contributed by atoms with Gasteiger partial charge >= 0.3 is 0 Å². The first kappa shape index (κ1) is 17.2. The van der Waals surface area contributed by atoms with Crippen LogP contribution in [-0.2, 0) is 17.8 Å². The topological polar surface area (TPSA) is 39.1 Å². The molecule has 0 saturated heterocycles. The summed E-state index contributed by atoms with van der Waals surface area (Å²) in [5, 5.41) is 7.94. The minimum atomic E-state index is 0.752. The summed E-state index contributed by atoms with van der Waals surface area (Å²) in [4.78, 5) is 0. The maximum atomic E-state index is 5.04. The van der Waals surface area contributed by atoms with Gasteiger partial charge in [0, 0.05) is 38.0 Å². The lowest BCUT2D eigenvalue weighted by Gasteiger charge is -2.15. The van der Waals surface area contributed by atoms with Gasteiger partial charge in [-0.25, -0.2) is 0 Å². The van der Waals surface area contributed by atoms with Gasteiger partial charge in [0.15, 0.2) is 0 Å². The Morgan fingerprint density at radius 1 is 1.40 bits per heavy atom. The van der Waals surface area contributed by atoms with E-state index in [2.05, 4.69) is 35.9 Å². The number of aromatic nitrogens is 2. The van der Waals surface area contributed by atoms with Crippen molar-refractivity contribution in [3.05, 3.63) is 17.5 Å². The number of rotatable bonds is 11. The summed E-state index contributed by atoms with van der Waals surface area (Å²) < 4.78 is 7.21. The fraction of sp³-hybridized carbons (Fsp3) is 0.812. The van der Waals surface area contributed by atoms with Crippen LogP contribution in [-0.4, -0.2) is 30.0 Å². The Bertz CT molecular complexity index is 363. The number of unbranched alkanes of at least 4 members (excludes halogenated alkanes) is 1. The molecule has 1 heterocycles. The summed E-state index contributed by atoms with van der Waals surface area (Å²) in [5.41, 5.74) is 2.59. The predicted molar refractivity (Wildman–Crippen MR) is 83.9 cm³/mol. The van der Waals surface area contributed by atoms with Gasteiger partial charge in [-0.3, -0.25) is 4.68 Å². The third kappa shape index (κ3) is 5.63. The van der Waals surface area contributed by atoms with E-state index in [1.165, 1.54) is 36.9 Å². The zero-order valence-corrected chi connectivity index (χ0v) is 13.6. The van der Waals surface area contributed by atoms with Crippen LogP contribution in [0.3, 0.4) is 0 Å². The number of nitrogens with zero attached hydrogens (tertiary/aromatic N) is 2. The van der Waals surface area contributed by atoms with Crippen LogP contribution in [0.2, 0.25) is 0 Å². The first-order valence-corrected chi connectivity index (χ1v) is 7.93. The highest BCUT2D eigenvalue weighted by molar-refractivity contribution is 5.15. The Labute approximate surface area is 123 Å². The zero-order chi connectivity index (χ0) is 14.8. The van der Waals surface area contributed by atoms with Crippen molar-refractivity contribution in [2.24, 2.45) is 5.92 Å². The van der Waals surface area contributed by atoms with Gasteiger partial charge < -0.3 is 10.1 Å². The quantitative estimate of drug-likeness (QED) is 0.633. The number of hydrogen-bond acceptors (Lipinski definition) is 3. The van der Waals surface area contributed by atoms with Crippen LogP contribution in [0.5, 0.6) is 0 Å². The molecule has 116 valence electrons. The molecule has 0 aliphatic heterocycles. The molecule has 20 heavy (non-hydrogen) atoms. The molecule has 0 aromatic carbocycles. The summed E-state index contributed by atoms with van der Waals surface area (Å²) in [7, 11) is 1.73. The molecule has 0 spiro atoms. The van der Waals surface area contributed by atoms with E-state index in [0.717, 1.165) is 32.2 Å². The molecule has 4 heteroatoms. The van der Waals surface area contributed by atoms with Crippen molar-refractivity contribution in [3.63, 3.8) is 0 Å². The Balaban J connectivity index is 2.48. The molecule has 1 N–H and O–H groups in total. The van der Waals surface area contributed by atoms with Crippen molar-refractivity contribution in [1.29, 1.82) is 0 Å². The normalized spacial score (nSPS) is 12.8. The minimum Gasteiger partial charge on any atom is -0.383 e. The number of hydrogen-bond donors (Lipinski definition) is 1. The SMILES string of the molecule is CCCCC(CC)Cn1ncc(CNCCOC)c1C. The monoisotopic (exact) mass is 281 g/mol. The average Bonchev–Trinajstić information content (AvgIpc) is 2.80. The number of ether oxygens (including phenoxy) is 1. The van der Waals surface area contributed by atoms with E-state index < -0.39 is 0 Å². The van der Waals surface area contributed by atoms with Gasteiger partial charge in [0.2, 0.25) is 0 Å². The highest BCUT2D eigenvalue weighted by Gasteiger charge is 2.11. The minimum absolute atomic E-state index is 0.752. The molecule has 1 aromatic heterocycles. The highest BCUT2D eigenvalue weighted by Crippen LogP contribution is 2.17. The second-order valence-electron chi connectivity index (χ2n) is 5.52. The first-order chi connectivity index (χ1) is 9.72. The molecule has 0 amide bonds. The fourth-order valence-electron chi connectivity index (χ4n) is 2.40. The maximum Gasteiger partial charge on any atom is 0.0587 e. The van der Waals surface area contributed by atoms with Crippen molar-refractivity contribution in [1.82, 2.24) is 15.1 Å². The molecular formula is C16H31N3O. The van der Waals surface area contributed by atoms with Gasteiger partial charge in [-0.15, -0.1) is 0 Å². The Morgan fingerprint density at radius 2 is 2.20 bits per heavy atom. The molecule has 1 unspecified atom stereocenters. The zero-order valence-electron chi connectivity index (χ0n) is 13.6. The van der Waals surface area contributed by atoms with Crippen LogP contribution >= 0.6 is 0 Å². The van der Waals surface area contributed by atoms with Gasteiger partial charge in [0.25, 0.3) is 0 Å². The van der Waals surface area contributed by atoms with E-state index in [4.69, 9.17) is 4.74 Å². The smallest absolute Gasteiger partial charge is 0.0587 e. The second kappa shape index (κ2) is 9.94. The maximum absolute atomic E-state index is 5.04. The Kier molecular flexibility index (Phi) is 8.54. The molecule has 0 radical (unpaired) electrons. The lowest BCUT2D eigenvalue weighted by Crippen LogP contribution is -2.19. The molecule has 0 bridgehead atoms. The average molecular weight is 281 g/mol. The summed E-state index contributed by atoms with van der Waals surface area (Å²) in [6, 6.07) is 0. The van der Waals surface area contributed by atoms with E-state index in [1.807, 2.05) is 6.20 Å². The van der Waals surface area contributed by atoms with Crippen molar-refractivity contribution in [2.75, 3.05) is 20.3 Å². The summed E-state index contributed by atoms with van der Waals surface area (Å²) in [6.07, 6.45) is 7.16. The van der Waals surface area contributed by atoms with Crippen LogP contribution in [0.1, 0.15) is 50.8 Å². The Hall–Kier alpha value is -0.870. The second-order valence-corrected chi connectivity index (χ2v) is 5.52. The first-order valence-electron chi connectivity index (χ1n) is 7.93. The van der Waals surface area contributed by atoms with Gasteiger partial charge in [-0.05, 0) is 19.3 Å². The molecule has 0 aliphatic rings. The van der Waals surface area contributed by atoms with Crippen LogP contribution in [0.4, 0.5) is 0 Å². The number of methoxy groups -OCH3 is 1. The highest BCUT2D eigenvalue weighted by atomic mass is 16.5. The summed E-state index contributed by atoms with van der Waals surface area (Å²) in [6.45, 7) is 10.3. The lowest BCUT2D eigenvalue weighted by molar-refractivity contribution is 0.199. The van der Waals surface area contributed by atoms with Crippen LogP contribution in [0, 0.1) is 12.8 Å². The molecule has 1 rings (SSSR count). The molecule has 4 nitrogen and oxygen atoms in total. The molecule has 1 aromatic rings. The van der Waals surface area contributed by atoms with E-state index >= 15 is 0 Å². The lowest BCUT2D eigenvalue weighted by atomic mass is 9.99. The van der Waals surface area contributed by atoms with E-state index in [-0.39, 0.29) is 0 Å². The van der Waals surface area contributed by atoms with Gasteiger partial charge in [-0.1, -0.05) is 33.1 Å². The van der Waals surface area contributed by atoms with E-state index in [0.29, 0.717) is 0 Å². The molecule has 1 atom stereocenters. The van der Waals surface area contributed by atoms with Gasteiger partial charge in [0.05, 0.1) is 12.8 Å². The Morgan fingerprint density at radius 3 is 2.85 bits per heavy atom. The van der Waals surface area contributed by atoms with Crippen molar-refractivity contribution < 1.29 is 4.74 Å². The van der Waals surface area contributed by atoms with Crippen molar-refractivity contribution >= 4 is 0 Å². The molecular weight excluding hydrogens is 250 g/mol.